The van der Waals surface area contributed by atoms with E-state index in [9.17, 15) is 14.4 Å². The summed E-state index contributed by atoms with van der Waals surface area (Å²) in [4.78, 5) is 41.9. The van der Waals surface area contributed by atoms with Crippen LogP contribution in [0.25, 0.3) is 0 Å². The first-order chi connectivity index (χ1) is 12.7. The van der Waals surface area contributed by atoms with Gasteiger partial charge in [-0.25, -0.2) is 20.0 Å². The molecule has 1 aromatic rings. The molecule has 0 saturated heterocycles. The maximum absolute atomic E-state index is 12.5. The second-order valence-electron chi connectivity index (χ2n) is 7.92. The summed E-state index contributed by atoms with van der Waals surface area (Å²) in [5.74, 6) is -0.708. The van der Waals surface area contributed by atoms with Crippen LogP contribution in [0.15, 0.2) is 11.4 Å². The molecule has 0 unspecified atom stereocenters. The molecule has 0 fully saturated rings. The van der Waals surface area contributed by atoms with Crippen molar-refractivity contribution in [3.8, 4) is 0 Å². The fourth-order valence-electron chi connectivity index (χ4n) is 1.77. The van der Waals surface area contributed by atoms with Crippen molar-refractivity contribution in [2.45, 2.75) is 66.2 Å². The van der Waals surface area contributed by atoms with Gasteiger partial charge in [-0.1, -0.05) is 0 Å². The van der Waals surface area contributed by atoms with Crippen LogP contribution in [0, 0.1) is 5.41 Å². The molecule has 0 aliphatic carbocycles. The first-order valence-electron chi connectivity index (χ1n) is 8.51. The number of nitrogens with zero attached hydrogens (tertiary/aromatic N) is 1. The van der Waals surface area contributed by atoms with Crippen molar-refractivity contribution in [2.75, 3.05) is 0 Å². The number of hydroxylamine groups is 1. The van der Waals surface area contributed by atoms with Crippen LogP contribution < -0.4 is 5.48 Å². The third-order valence-electron chi connectivity index (χ3n) is 2.78. The van der Waals surface area contributed by atoms with E-state index in [1.165, 1.54) is 18.3 Å². The average Bonchev–Trinajstić information content (AvgIpc) is 2.95. The standard InChI is InChI=1S/C18H27N3O6S/c1-11(22)27-20-14(19)12-8-13(28-10-12)9-21(15(23)25-17(2,3)4)16(24)26-18(5,6)7/h8,10H,9H2,1-7H3,(H2,19,20). The highest BCUT2D eigenvalue weighted by Crippen LogP contribution is 2.21. The van der Waals surface area contributed by atoms with Gasteiger partial charge in [0.15, 0.2) is 5.84 Å². The van der Waals surface area contributed by atoms with E-state index in [1.54, 1.807) is 53.0 Å². The number of nitrogens with one attached hydrogen (secondary N) is 2. The van der Waals surface area contributed by atoms with Gasteiger partial charge in [-0.3, -0.25) is 10.2 Å². The molecule has 0 aliphatic heterocycles. The van der Waals surface area contributed by atoms with Crippen LogP contribution in [0.1, 0.15) is 58.9 Å². The van der Waals surface area contributed by atoms with Crippen molar-refractivity contribution in [1.29, 1.82) is 5.41 Å². The zero-order valence-corrected chi connectivity index (χ0v) is 18.0. The van der Waals surface area contributed by atoms with E-state index in [0.717, 1.165) is 4.90 Å². The number of thiophene rings is 1. The van der Waals surface area contributed by atoms with Gasteiger partial charge >= 0.3 is 18.2 Å². The summed E-state index contributed by atoms with van der Waals surface area (Å²) >= 11 is 1.23. The van der Waals surface area contributed by atoms with E-state index >= 15 is 0 Å². The number of hydrogen-bond acceptors (Lipinski definition) is 8. The molecule has 156 valence electrons. The molecule has 1 rings (SSSR count). The van der Waals surface area contributed by atoms with Gasteiger partial charge in [0, 0.05) is 22.7 Å². The Morgan fingerprint density at radius 2 is 1.57 bits per heavy atom. The molecule has 0 aliphatic rings. The highest BCUT2D eigenvalue weighted by atomic mass is 32.1. The molecular formula is C18H27N3O6S. The quantitative estimate of drug-likeness (QED) is 0.335. The minimum Gasteiger partial charge on any atom is -0.443 e. The van der Waals surface area contributed by atoms with Crippen molar-refractivity contribution >= 4 is 35.3 Å². The Morgan fingerprint density at radius 1 is 1.07 bits per heavy atom. The predicted octanol–water partition coefficient (Wildman–Crippen LogP) is 3.81. The number of amides is 2. The van der Waals surface area contributed by atoms with Crippen molar-refractivity contribution in [3.05, 3.63) is 21.9 Å². The van der Waals surface area contributed by atoms with Crippen LogP contribution >= 0.6 is 11.3 Å². The van der Waals surface area contributed by atoms with E-state index in [-0.39, 0.29) is 12.4 Å². The number of rotatable bonds is 3. The van der Waals surface area contributed by atoms with Crippen LogP contribution in [-0.4, -0.2) is 40.1 Å². The zero-order chi connectivity index (χ0) is 21.7. The van der Waals surface area contributed by atoms with Crippen molar-refractivity contribution in [2.24, 2.45) is 0 Å². The fourth-order valence-corrected chi connectivity index (χ4v) is 2.63. The second kappa shape index (κ2) is 9.05. The van der Waals surface area contributed by atoms with Crippen LogP contribution in [0.3, 0.4) is 0 Å². The number of carbonyl (C=O) groups excluding carboxylic acids is 3. The van der Waals surface area contributed by atoms with Gasteiger partial charge in [-0.2, -0.15) is 0 Å². The Hall–Kier alpha value is -2.62. The third kappa shape index (κ3) is 8.38. The smallest absolute Gasteiger partial charge is 0.420 e. The van der Waals surface area contributed by atoms with Gasteiger partial charge in [0.25, 0.3) is 0 Å². The van der Waals surface area contributed by atoms with E-state index in [1.807, 2.05) is 0 Å². The summed E-state index contributed by atoms with van der Waals surface area (Å²) in [5, 5.41) is 9.48. The fraction of sp³-hybridized carbons (Fsp3) is 0.556. The van der Waals surface area contributed by atoms with Crippen LogP contribution in [0.2, 0.25) is 0 Å². The first-order valence-corrected chi connectivity index (χ1v) is 9.39. The Bertz CT molecular complexity index is 717. The van der Waals surface area contributed by atoms with Gasteiger partial charge in [0.05, 0.1) is 6.54 Å². The summed E-state index contributed by atoms with van der Waals surface area (Å²) in [5.41, 5.74) is 1.09. The first kappa shape index (κ1) is 23.4. The molecule has 0 radical (unpaired) electrons. The molecule has 10 heteroatoms. The summed E-state index contributed by atoms with van der Waals surface area (Å²) in [6.07, 6.45) is -1.66. The van der Waals surface area contributed by atoms with Crippen molar-refractivity contribution < 1.29 is 28.7 Å². The van der Waals surface area contributed by atoms with Crippen molar-refractivity contribution in [3.63, 3.8) is 0 Å². The molecule has 0 bridgehead atoms. The molecule has 9 nitrogen and oxygen atoms in total. The van der Waals surface area contributed by atoms with Crippen LogP contribution in [0.5, 0.6) is 0 Å². The van der Waals surface area contributed by atoms with Gasteiger partial charge < -0.3 is 14.3 Å². The monoisotopic (exact) mass is 413 g/mol. The minimum absolute atomic E-state index is 0.0880. The molecule has 0 aromatic carbocycles. The zero-order valence-electron chi connectivity index (χ0n) is 17.2. The Morgan fingerprint density at radius 3 is 2.00 bits per heavy atom. The number of hydrogen-bond donors (Lipinski definition) is 2. The van der Waals surface area contributed by atoms with Gasteiger partial charge in [-0.05, 0) is 47.6 Å². The lowest BCUT2D eigenvalue weighted by Crippen LogP contribution is -2.43. The molecule has 1 aromatic heterocycles. The Balaban J connectivity index is 2.97. The topological polar surface area (TPSA) is 118 Å². The van der Waals surface area contributed by atoms with E-state index in [0.29, 0.717) is 10.4 Å². The summed E-state index contributed by atoms with van der Waals surface area (Å²) in [6, 6.07) is 1.60. The average molecular weight is 413 g/mol. The predicted molar refractivity (Wildman–Crippen MR) is 104 cm³/mol. The normalized spacial score (nSPS) is 11.4. The number of carbonyl (C=O) groups is 3. The molecule has 0 saturated carbocycles. The van der Waals surface area contributed by atoms with Crippen LogP contribution in [0.4, 0.5) is 9.59 Å². The number of amidine groups is 1. The maximum Gasteiger partial charge on any atom is 0.420 e. The van der Waals surface area contributed by atoms with E-state index < -0.39 is 29.4 Å². The van der Waals surface area contributed by atoms with Gasteiger partial charge in [-0.15, -0.1) is 11.3 Å². The molecule has 0 spiro atoms. The Labute approximate surface area is 168 Å². The lowest BCUT2D eigenvalue weighted by Gasteiger charge is -2.28. The summed E-state index contributed by atoms with van der Waals surface area (Å²) in [6.45, 7) is 11.3. The minimum atomic E-state index is -0.829. The molecule has 1 heterocycles. The van der Waals surface area contributed by atoms with Gasteiger partial charge in [0.1, 0.15) is 11.2 Å². The van der Waals surface area contributed by atoms with E-state index in [2.05, 4.69) is 10.3 Å². The molecule has 2 N–H and O–H groups in total. The highest BCUT2D eigenvalue weighted by Gasteiger charge is 2.31. The largest absolute Gasteiger partial charge is 0.443 e. The van der Waals surface area contributed by atoms with Gasteiger partial charge in [0.2, 0.25) is 0 Å². The molecule has 28 heavy (non-hydrogen) atoms. The SMILES string of the molecule is CC(=O)ONC(=N)c1csc(CN(C(=O)OC(C)(C)C)C(=O)OC(C)(C)C)c1. The lowest BCUT2D eigenvalue weighted by molar-refractivity contribution is -0.145. The number of ether oxygens (including phenoxy) is 2. The summed E-state index contributed by atoms with van der Waals surface area (Å²) < 4.78 is 10.6. The molecule has 2 amide bonds. The Kier molecular flexibility index (Phi) is 7.57. The molecular weight excluding hydrogens is 386 g/mol. The van der Waals surface area contributed by atoms with E-state index in [4.69, 9.17) is 14.9 Å². The second-order valence-corrected chi connectivity index (χ2v) is 8.92. The van der Waals surface area contributed by atoms with Crippen molar-refractivity contribution in [1.82, 2.24) is 10.4 Å². The number of imide groups is 1. The van der Waals surface area contributed by atoms with Crippen LogP contribution in [-0.2, 0) is 25.7 Å². The lowest BCUT2D eigenvalue weighted by atomic mass is 10.2. The maximum atomic E-state index is 12.5. The molecule has 0 atom stereocenters. The highest BCUT2D eigenvalue weighted by molar-refractivity contribution is 7.10. The summed E-state index contributed by atoms with van der Waals surface area (Å²) in [7, 11) is 0. The third-order valence-corrected chi connectivity index (χ3v) is 3.70.